The fourth-order valence-electron chi connectivity index (χ4n) is 1.38. The lowest BCUT2D eigenvalue weighted by Crippen LogP contribution is -2.04. The fraction of sp³-hybridized carbons (Fsp3) is 0.0909. The number of benzene rings is 1. The van der Waals surface area contributed by atoms with E-state index in [4.69, 9.17) is 5.73 Å². The Morgan fingerprint density at radius 1 is 1.37 bits per heavy atom. The van der Waals surface area contributed by atoms with Crippen molar-refractivity contribution in [2.45, 2.75) is 6.18 Å². The SMILES string of the molecule is Nc1cc(Br)ccc1C(=O)c1cnc(C(F)(F)F)s1. The summed E-state index contributed by atoms with van der Waals surface area (Å²) in [4.78, 5) is 15.1. The molecule has 0 bridgehead atoms. The normalized spacial score (nSPS) is 11.6. The number of hydrogen-bond donors (Lipinski definition) is 1. The van der Waals surface area contributed by atoms with Gasteiger partial charge in [0.15, 0.2) is 5.01 Å². The quantitative estimate of drug-likeness (QED) is 0.663. The van der Waals surface area contributed by atoms with Gasteiger partial charge in [0.25, 0.3) is 0 Å². The topological polar surface area (TPSA) is 56.0 Å². The number of thiazole rings is 1. The van der Waals surface area contributed by atoms with Crippen molar-refractivity contribution in [1.29, 1.82) is 0 Å². The van der Waals surface area contributed by atoms with Crippen LogP contribution in [0, 0.1) is 0 Å². The molecular formula is C11H6BrF3N2OS. The summed E-state index contributed by atoms with van der Waals surface area (Å²) < 4.78 is 37.9. The second-order valence-corrected chi connectivity index (χ2v) is 5.53. The van der Waals surface area contributed by atoms with E-state index in [0.29, 0.717) is 15.8 Å². The molecule has 0 saturated heterocycles. The van der Waals surface area contributed by atoms with Crippen molar-refractivity contribution in [1.82, 2.24) is 4.98 Å². The van der Waals surface area contributed by atoms with E-state index >= 15 is 0 Å². The molecule has 0 fully saturated rings. The van der Waals surface area contributed by atoms with Crippen LogP contribution in [0.1, 0.15) is 20.2 Å². The summed E-state index contributed by atoms with van der Waals surface area (Å²) in [6.07, 6.45) is -3.63. The van der Waals surface area contributed by atoms with Gasteiger partial charge in [-0.3, -0.25) is 4.79 Å². The summed E-state index contributed by atoms with van der Waals surface area (Å²) in [7, 11) is 0. The second-order valence-electron chi connectivity index (χ2n) is 3.59. The Kier molecular flexibility index (Phi) is 3.64. The smallest absolute Gasteiger partial charge is 0.398 e. The lowest BCUT2D eigenvalue weighted by Gasteiger charge is -2.03. The third-order valence-electron chi connectivity index (χ3n) is 2.23. The van der Waals surface area contributed by atoms with Crippen LogP contribution >= 0.6 is 27.3 Å². The third kappa shape index (κ3) is 2.95. The number of nitrogens with zero attached hydrogens (tertiary/aromatic N) is 1. The monoisotopic (exact) mass is 350 g/mol. The highest BCUT2D eigenvalue weighted by Gasteiger charge is 2.35. The minimum Gasteiger partial charge on any atom is -0.398 e. The summed E-state index contributed by atoms with van der Waals surface area (Å²) in [5.41, 5.74) is 6.01. The number of alkyl halides is 3. The second kappa shape index (κ2) is 4.93. The Bertz CT molecular complexity index is 639. The molecule has 8 heteroatoms. The van der Waals surface area contributed by atoms with E-state index in [1.807, 2.05) is 0 Å². The number of carbonyl (C=O) groups excluding carboxylic acids is 1. The van der Waals surface area contributed by atoms with Crippen molar-refractivity contribution in [2.75, 3.05) is 5.73 Å². The van der Waals surface area contributed by atoms with Gasteiger partial charge in [-0.1, -0.05) is 15.9 Å². The summed E-state index contributed by atoms with van der Waals surface area (Å²) in [6.45, 7) is 0. The van der Waals surface area contributed by atoms with Crippen LogP contribution in [0.2, 0.25) is 0 Å². The van der Waals surface area contributed by atoms with Crippen LogP contribution < -0.4 is 5.73 Å². The lowest BCUT2D eigenvalue weighted by molar-refractivity contribution is -0.137. The molecule has 0 spiro atoms. The molecular weight excluding hydrogens is 345 g/mol. The molecule has 100 valence electrons. The number of halogens is 4. The first kappa shape index (κ1) is 14.0. The number of anilines is 1. The Labute approximate surface area is 118 Å². The molecule has 0 aliphatic carbocycles. The zero-order chi connectivity index (χ0) is 14.2. The number of rotatable bonds is 2. The summed E-state index contributed by atoms with van der Waals surface area (Å²) in [5, 5.41) is -1.05. The summed E-state index contributed by atoms with van der Waals surface area (Å²) >= 11 is 3.48. The van der Waals surface area contributed by atoms with Gasteiger partial charge < -0.3 is 5.73 Å². The van der Waals surface area contributed by atoms with Crippen molar-refractivity contribution in [3.8, 4) is 0 Å². The molecule has 2 aromatic rings. The van der Waals surface area contributed by atoms with Gasteiger partial charge in [0, 0.05) is 21.9 Å². The van der Waals surface area contributed by atoms with E-state index < -0.39 is 17.0 Å². The van der Waals surface area contributed by atoms with Crippen LogP contribution in [-0.4, -0.2) is 10.8 Å². The Morgan fingerprint density at radius 3 is 2.58 bits per heavy atom. The number of carbonyl (C=O) groups is 1. The number of nitrogen functional groups attached to an aromatic ring is 1. The summed E-state index contributed by atoms with van der Waals surface area (Å²) in [6, 6.07) is 4.56. The number of hydrogen-bond acceptors (Lipinski definition) is 4. The maximum absolute atomic E-state index is 12.4. The molecule has 0 amide bonds. The molecule has 0 saturated carbocycles. The van der Waals surface area contributed by atoms with Crippen LogP contribution in [0.5, 0.6) is 0 Å². The minimum atomic E-state index is -4.55. The zero-order valence-electron chi connectivity index (χ0n) is 9.16. The molecule has 0 aliphatic heterocycles. The third-order valence-corrected chi connectivity index (χ3v) is 3.76. The van der Waals surface area contributed by atoms with E-state index in [0.717, 1.165) is 6.20 Å². The van der Waals surface area contributed by atoms with Crippen molar-refractivity contribution in [3.05, 3.63) is 44.3 Å². The zero-order valence-corrected chi connectivity index (χ0v) is 11.6. The Morgan fingerprint density at radius 2 is 2.05 bits per heavy atom. The average molecular weight is 351 g/mol. The van der Waals surface area contributed by atoms with E-state index in [1.54, 1.807) is 6.07 Å². The van der Waals surface area contributed by atoms with Gasteiger partial charge in [-0.05, 0) is 18.2 Å². The van der Waals surface area contributed by atoms with E-state index in [9.17, 15) is 18.0 Å². The van der Waals surface area contributed by atoms with Crippen molar-refractivity contribution in [3.63, 3.8) is 0 Å². The molecule has 1 aromatic carbocycles. The average Bonchev–Trinajstić information content (AvgIpc) is 2.76. The minimum absolute atomic E-state index is 0.0960. The van der Waals surface area contributed by atoms with Crippen molar-refractivity contribution < 1.29 is 18.0 Å². The highest BCUT2D eigenvalue weighted by Crippen LogP contribution is 2.33. The molecule has 0 radical (unpaired) electrons. The molecule has 0 atom stereocenters. The van der Waals surface area contributed by atoms with Gasteiger partial charge in [-0.2, -0.15) is 13.2 Å². The molecule has 19 heavy (non-hydrogen) atoms. The maximum atomic E-state index is 12.4. The van der Waals surface area contributed by atoms with Gasteiger partial charge in [0.2, 0.25) is 5.78 Å². The number of ketones is 1. The Hall–Kier alpha value is -1.41. The first-order valence-corrected chi connectivity index (χ1v) is 6.52. The molecule has 2 rings (SSSR count). The molecule has 2 N–H and O–H groups in total. The largest absolute Gasteiger partial charge is 0.443 e. The van der Waals surface area contributed by atoms with Crippen molar-refractivity contribution >= 4 is 38.7 Å². The molecule has 0 unspecified atom stereocenters. The molecule has 1 heterocycles. The highest BCUT2D eigenvalue weighted by atomic mass is 79.9. The van der Waals surface area contributed by atoms with Crippen LogP contribution in [0.4, 0.5) is 18.9 Å². The van der Waals surface area contributed by atoms with E-state index in [-0.39, 0.29) is 16.1 Å². The van der Waals surface area contributed by atoms with Crippen LogP contribution in [-0.2, 0) is 6.18 Å². The molecule has 3 nitrogen and oxygen atoms in total. The van der Waals surface area contributed by atoms with Gasteiger partial charge in [0.1, 0.15) is 0 Å². The van der Waals surface area contributed by atoms with Crippen LogP contribution in [0.3, 0.4) is 0 Å². The van der Waals surface area contributed by atoms with Crippen LogP contribution in [0.15, 0.2) is 28.9 Å². The molecule has 1 aromatic heterocycles. The Balaban J connectivity index is 2.37. The van der Waals surface area contributed by atoms with Gasteiger partial charge in [-0.25, -0.2) is 4.98 Å². The lowest BCUT2D eigenvalue weighted by atomic mass is 10.1. The van der Waals surface area contributed by atoms with Gasteiger partial charge >= 0.3 is 6.18 Å². The summed E-state index contributed by atoms with van der Waals surface area (Å²) in [5.74, 6) is -0.571. The van der Waals surface area contributed by atoms with E-state index in [2.05, 4.69) is 20.9 Å². The molecule has 0 aliphatic rings. The highest BCUT2D eigenvalue weighted by molar-refractivity contribution is 9.10. The first-order valence-electron chi connectivity index (χ1n) is 4.92. The predicted octanol–water partition coefficient (Wildman–Crippen LogP) is 3.74. The predicted molar refractivity (Wildman–Crippen MR) is 69.1 cm³/mol. The standard InChI is InChI=1S/C11H6BrF3N2OS/c12-5-1-2-6(7(16)3-5)9(18)8-4-17-10(19-8)11(13,14)15/h1-4H,16H2. The van der Waals surface area contributed by atoms with Gasteiger partial charge in [0.05, 0.1) is 4.88 Å². The number of aromatic nitrogens is 1. The van der Waals surface area contributed by atoms with E-state index in [1.165, 1.54) is 12.1 Å². The van der Waals surface area contributed by atoms with Gasteiger partial charge in [-0.15, -0.1) is 11.3 Å². The first-order chi connectivity index (χ1) is 8.79. The maximum Gasteiger partial charge on any atom is 0.443 e. The van der Waals surface area contributed by atoms with Crippen LogP contribution in [0.25, 0.3) is 0 Å². The number of nitrogens with two attached hydrogens (primary N) is 1. The van der Waals surface area contributed by atoms with Crippen molar-refractivity contribution in [2.24, 2.45) is 0 Å². The fourth-order valence-corrected chi connectivity index (χ4v) is 2.50.